The van der Waals surface area contributed by atoms with Gasteiger partial charge in [-0.25, -0.2) is 5.43 Å². The number of carbonyl (C=O) groups excluding carboxylic acids is 2. The van der Waals surface area contributed by atoms with Crippen molar-refractivity contribution in [3.63, 3.8) is 0 Å². The number of hydrogen-bond acceptors (Lipinski definition) is 5. The molecule has 2 rings (SSSR count). The maximum absolute atomic E-state index is 12.6. The molecule has 2 amide bonds. The summed E-state index contributed by atoms with van der Waals surface area (Å²) >= 11 is 11.9. The Bertz CT molecular complexity index is 948. The molecule has 0 aliphatic carbocycles. The number of ether oxygens (including phenoxy) is 2. The highest BCUT2D eigenvalue weighted by atomic mass is 35.5. The molecule has 0 saturated heterocycles. The highest BCUT2D eigenvalue weighted by molar-refractivity contribution is 6.36. The van der Waals surface area contributed by atoms with E-state index in [1.165, 1.54) is 25.5 Å². The molecule has 2 aromatic carbocycles. The third-order valence-corrected chi connectivity index (χ3v) is 4.76. The first-order valence-electron chi connectivity index (χ1n) is 9.07. The number of benzene rings is 2. The zero-order chi connectivity index (χ0) is 22.3. The number of hydrogen-bond donors (Lipinski definition) is 2. The molecular formula is C21H23Cl2N3O4. The van der Waals surface area contributed by atoms with Gasteiger partial charge >= 0.3 is 0 Å². The van der Waals surface area contributed by atoms with Crippen LogP contribution in [0.5, 0.6) is 11.5 Å². The van der Waals surface area contributed by atoms with Crippen molar-refractivity contribution in [2.75, 3.05) is 14.2 Å². The van der Waals surface area contributed by atoms with E-state index in [4.69, 9.17) is 32.7 Å². The number of halogens is 2. The van der Waals surface area contributed by atoms with Crippen LogP contribution in [-0.4, -0.2) is 38.3 Å². The van der Waals surface area contributed by atoms with Gasteiger partial charge in [0, 0.05) is 5.02 Å². The van der Waals surface area contributed by atoms with E-state index in [9.17, 15) is 9.59 Å². The van der Waals surface area contributed by atoms with Gasteiger partial charge in [0.25, 0.3) is 11.8 Å². The number of hydrazone groups is 1. The normalized spacial score (nSPS) is 12.0. The third-order valence-electron chi connectivity index (χ3n) is 4.21. The van der Waals surface area contributed by atoms with Crippen molar-refractivity contribution < 1.29 is 19.1 Å². The van der Waals surface area contributed by atoms with Crippen LogP contribution in [0.1, 0.15) is 29.8 Å². The summed E-state index contributed by atoms with van der Waals surface area (Å²) in [6, 6.07) is 8.93. The SMILES string of the molecule is COc1ccc(C=NNC(=O)C(NC(=O)c2ccc(Cl)cc2Cl)C(C)C)cc1OC. The minimum atomic E-state index is -0.813. The van der Waals surface area contributed by atoms with E-state index in [2.05, 4.69) is 15.8 Å². The number of methoxy groups -OCH3 is 2. The Hall–Kier alpha value is -2.77. The Morgan fingerprint density at radius 3 is 2.33 bits per heavy atom. The van der Waals surface area contributed by atoms with Crippen molar-refractivity contribution in [1.82, 2.24) is 10.7 Å². The molecule has 0 aromatic heterocycles. The van der Waals surface area contributed by atoms with Gasteiger partial charge in [-0.2, -0.15) is 5.10 Å². The molecule has 0 heterocycles. The number of rotatable bonds is 8. The van der Waals surface area contributed by atoms with E-state index in [1.54, 1.807) is 31.4 Å². The summed E-state index contributed by atoms with van der Waals surface area (Å²) in [4.78, 5) is 25.1. The molecule has 0 bridgehead atoms. The molecule has 30 heavy (non-hydrogen) atoms. The standard InChI is InChI=1S/C21H23Cl2N3O4/c1-12(2)19(25-20(27)15-7-6-14(22)10-16(15)23)21(28)26-24-11-13-5-8-17(29-3)18(9-13)30-4/h5-12,19H,1-4H3,(H,25,27)(H,26,28). The Balaban J connectivity index is 2.07. The Kier molecular flexibility index (Phi) is 8.50. The fourth-order valence-corrected chi connectivity index (χ4v) is 3.09. The zero-order valence-corrected chi connectivity index (χ0v) is 18.5. The molecule has 0 aliphatic rings. The third kappa shape index (κ3) is 6.11. The minimum absolute atomic E-state index is 0.184. The highest BCUT2D eigenvalue weighted by Gasteiger charge is 2.25. The van der Waals surface area contributed by atoms with Gasteiger partial charge < -0.3 is 14.8 Å². The van der Waals surface area contributed by atoms with Crippen molar-refractivity contribution in [3.8, 4) is 11.5 Å². The van der Waals surface area contributed by atoms with Crippen LogP contribution < -0.4 is 20.2 Å². The molecule has 1 atom stereocenters. The van der Waals surface area contributed by atoms with Crippen molar-refractivity contribution in [2.24, 2.45) is 11.0 Å². The first kappa shape index (κ1) is 23.5. The topological polar surface area (TPSA) is 89.0 Å². The average Bonchev–Trinajstić information content (AvgIpc) is 2.71. The summed E-state index contributed by atoms with van der Waals surface area (Å²) in [7, 11) is 3.08. The lowest BCUT2D eigenvalue weighted by Gasteiger charge is -2.20. The quantitative estimate of drug-likeness (QED) is 0.470. The maximum Gasteiger partial charge on any atom is 0.262 e. The zero-order valence-electron chi connectivity index (χ0n) is 17.0. The molecule has 2 aromatic rings. The van der Waals surface area contributed by atoms with Crippen LogP contribution >= 0.6 is 23.2 Å². The number of nitrogens with one attached hydrogen (secondary N) is 2. The molecular weight excluding hydrogens is 429 g/mol. The van der Waals surface area contributed by atoms with Crippen LogP contribution in [0.15, 0.2) is 41.5 Å². The van der Waals surface area contributed by atoms with Crippen molar-refractivity contribution in [2.45, 2.75) is 19.9 Å². The summed E-state index contributed by atoms with van der Waals surface area (Å²) in [6.07, 6.45) is 1.47. The molecule has 0 aliphatic heterocycles. The molecule has 0 radical (unpaired) electrons. The first-order valence-corrected chi connectivity index (χ1v) is 9.83. The minimum Gasteiger partial charge on any atom is -0.493 e. The molecule has 1 unspecified atom stereocenters. The fourth-order valence-electron chi connectivity index (χ4n) is 2.60. The van der Waals surface area contributed by atoms with Crippen molar-refractivity contribution in [1.29, 1.82) is 0 Å². The molecule has 2 N–H and O–H groups in total. The van der Waals surface area contributed by atoms with Crippen molar-refractivity contribution in [3.05, 3.63) is 57.6 Å². The number of nitrogens with zero attached hydrogens (tertiary/aromatic N) is 1. The van der Waals surface area contributed by atoms with Crippen LogP contribution in [0.4, 0.5) is 0 Å². The maximum atomic E-state index is 12.6. The second-order valence-electron chi connectivity index (χ2n) is 6.67. The van der Waals surface area contributed by atoms with Gasteiger partial charge in [-0.05, 0) is 47.9 Å². The van der Waals surface area contributed by atoms with Gasteiger partial charge in [0.15, 0.2) is 11.5 Å². The lowest BCUT2D eigenvalue weighted by molar-refractivity contribution is -0.123. The van der Waals surface area contributed by atoms with Gasteiger partial charge in [0.1, 0.15) is 6.04 Å². The fraction of sp³-hybridized carbons (Fsp3) is 0.286. The summed E-state index contributed by atoms with van der Waals surface area (Å²) in [5, 5.41) is 7.27. The van der Waals surface area contributed by atoms with E-state index in [-0.39, 0.29) is 16.5 Å². The van der Waals surface area contributed by atoms with E-state index < -0.39 is 17.9 Å². The molecule has 9 heteroatoms. The predicted molar refractivity (Wildman–Crippen MR) is 118 cm³/mol. The summed E-state index contributed by atoms with van der Waals surface area (Å²) in [5.74, 6) is 0.00734. The van der Waals surface area contributed by atoms with Crippen LogP contribution in [0.25, 0.3) is 0 Å². The van der Waals surface area contributed by atoms with E-state index in [1.807, 2.05) is 13.8 Å². The second kappa shape index (κ2) is 10.8. The van der Waals surface area contributed by atoms with Crippen LogP contribution in [0.3, 0.4) is 0 Å². The first-order chi connectivity index (χ1) is 14.3. The monoisotopic (exact) mass is 451 g/mol. The van der Waals surface area contributed by atoms with Gasteiger partial charge in [0.2, 0.25) is 0 Å². The van der Waals surface area contributed by atoms with Gasteiger partial charge in [0.05, 0.1) is 31.0 Å². The largest absolute Gasteiger partial charge is 0.493 e. The van der Waals surface area contributed by atoms with Crippen LogP contribution in [0, 0.1) is 5.92 Å². The van der Waals surface area contributed by atoms with E-state index in [0.29, 0.717) is 22.1 Å². The van der Waals surface area contributed by atoms with Crippen LogP contribution in [0.2, 0.25) is 10.0 Å². The summed E-state index contributed by atoms with van der Waals surface area (Å²) in [5.41, 5.74) is 3.38. The van der Waals surface area contributed by atoms with Gasteiger partial charge in [-0.15, -0.1) is 0 Å². The Morgan fingerprint density at radius 2 is 1.73 bits per heavy atom. The molecule has 0 fully saturated rings. The highest BCUT2D eigenvalue weighted by Crippen LogP contribution is 2.26. The Morgan fingerprint density at radius 1 is 1.03 bits per heavy atom. The summed E-state index contributed by atoms with van der Waals surface area (Å²) in [6.45, 7) is 3.62. The summed E-state index contributed by atoms with van der Waals surface area (Å²) < 4.78 is 10.4. The lowest BCUT2D eigenvalue weighted by Crippen LogP contribution is -2.48. The van der Waals surface area contributed by atoms with Gasteiger partial charge in [-0.3, -0.25) is 9.59 Å². The van der Waals surface area contributed by atoms with Crippen LogP contribution in [-0.2, 0) is 4.79 Å². The predicted octanol–water partition coefficient (Wildman–Crippen LogP) is 3.92. The smallest absolute Gasteiger partial charge is 0.262 e. The average molecular weight is 452 g/mol. The second-order valence-corrected chi connectivity index (χ2v) is 7.51. The van der Waals surface area contributed by atoms with Crippen molar-refractivity contribution >= 4 is 41.2 Å². The van der Waals surface area contributed by atoms with E-state index >= 15 is 0 Å². The van der Waals surface area contributed by atoms with Gasteiger partial charge in [-0.1, -0.05) is 37.0 Å². The molecule has 160 valence electrons. The number of amides is 2. The molecule has 0 spiro atoms. The Labute approximate surface area is 185 Å². The molecule has 7 nitrogen and oxygen atoms in total. The molecule has 0 saturated carbocycles. The lowest BCUT2D eigenvalue weighted by atomic mass is 10.0. The van der Waals surface area contributed by atoms with E-state index in [0.717, 1.165) is 0 Å². The number of carbonyl (C=O) groups is 2.